The zero-order chi connectivity index (χ0) is 12.5. The Morgan fingerprint density at radius 3 is 2.78 bits per heavy atom. The van der Waals surface area contributed by atoms with Gasteiger partial charge in [-0.15, -0.1) is 0 Å². The maximum atomic E-state index is 4.56. The van der Waals surface area contributed by atoms with Gasteiger partial charge in [-0.05, 0) is 38.2 Å². The summed E-state index contributed by atoms with van der Waals surface area (Å²) in [6, 6.07) is 0.691. The maximum absolute atomic E-state index is 4.56. The molecule has 1 atom stereocenters. The largest absolute Gasteiger partial charge is 0.300 e. The lowest BCUT2D eigenvalue weighted by atomic mass is 10.0. The monoisotopic (exact) mass is 245 g/mol. The summed E-state index contributed by atoms with van der Waals surface area (Å²) in [5.74, 6) is 0.747. The Labute approximate surface area is 110 Å². The standard InChI is InChI=1S/C15H23N3/c1-3-11(2)18-8-6-13-14(7-9-18)16-10-17-15(13)12-4-5-12/h10-12H,3-9H2,1-2H3/t11-/m0/s1. The molecule has 0 radical (unpaired) electrons. The summed E-state index contributed by atoms with van der Waals surface area (Å²) in [6.45, 7) is 6.94. The quantitative estimate of drug-likeness (QED) is 0.819. The van der Waals surface area contributed by atoms with E-state index in [4.69, 9.17) is 0 Å². The van der Waals surface area contributed by atoms with Crippen molar-refractivity contribution < 1.29 is 0 Å². The maximum Gasteiger partial charge on any atom is 0.115 e. The van der Waals surface area contributed by atoms with Gasteiger partial charge in [-0.3, -0.25) is 4.90 Å². The average Bonchev–Trinajstić information content (AvgIpc) is 3.23. The second-order valence-corrected chi connectivity index (χ2v) is 5.75. The summed E-state index contributed by atoms with van der Waals surface area (Å²) in [7, 11) is 0. The molecule has 1 aromatic rings. The second-order valence-electron chi connectivity index (χ2n) is 5.75. The molecule has 0 unspecified atom stereocenters. The summed E-state index contributed by atoms with van der Waals surface area (Å²) < 4.78 is 0. The molecule has 0 amide bonds. The van der Waals surface area contributed by atoms with Crippen molar-refractivity contribution in [2.24, 2.45) is 0 Å². The van der Waals surface area contributed by atoms with Crippen LogP contribution in [0.1, 0.15) is 56.0 Å². The number of nitrogens with zero attached hydrogens (tertiary/aromatic N) is 3. The van der Waals surface area contributed by atoms with Gasteiger partial charge in [0.15, 0.2) is 0 Å². The summed E-state index contributed by atoms with van der Waals surface area (Å²) in [5, 5.41) is 0. The molecule has 0 bridgehead atoms. The minimum absolute atomic E-state index is 0.691. The fraction of sp³-hybridized carbons (Fsp3) is 0.733. The molecule has 3 heteroatoms. The number of aromatic nitrogens is 2. The van der Waals surface area contributed by atoms with Gasteiger partial charge < -0.3 is 0 Å². The highest BCUT2D eigenvalue weighted by atomic mass is 15.1. The molecular weight excluding hydrogens is 222 g/mol. The molecule has 3 rings (SSSR count). The smallest absolute Gasteiger partial charge is 0.115 e. The van der Waals surface area contributed by atoms with Gasteiger partial charge in [-0.2, -0.15) is 0 Å². The van der Waals surface area contributed by atoms with Gasteiger partial charge in [0, 0.05) is 37.2 Å². The first-order chi connectivity index (χ1) is 8.79. The highest BCUT2D eigenvalue weighted by Crippen LogP contribution is 2.41. The van der Waals surface area contributed by atoms with Crippen molar-refractivity contribution in [2.45, 2.75) is 57.9 Å². The third-order valence-electron chi connectivity index (χ3n) is 4.53. The molecule has 3 nitrogen and oxygen atoms in total. The van der Waals surface area contributed by atoms with Gasteiger partial charge in [0.2, 0.25) is 0 Å². The van der Waals surface area contributed by atoms with Crippen LogP contribution < -0.4 is 0 Å². The second kappa shape index (κ2) is 4.96. The van der Waals surface area contributed by atoms with Gasteiger partial charge in [0.25, 0.3) is 0 Å². The Morgan fingerprint density at radius 2 is 2.06 bits per heavy atom. The molecule has 1 fully saturated rings. The van der Waals surface area contributed by atoms with Crippen molar-refractivity contribution in [3.8, 4) is 0 Å². The lowest BCUT2D eigenvalue weighted by molar-refractivity contribution is 0.213. The third-order valence-corrected chi connectivity index (χ3v) is 4.53. The molecule has 0 aromatic carbocycles. The summed E-state index contributed by atoms with van der Waals surface area (Å²) in [6.07, 6.45) is 7.92. The Morgan fingerprint density at radius 1 is 1.28 bits per heavy atom. The van der Waals surface area contributed by atoms with E-state index in [2.05, 4.69) is 28.7 Å². The van der Waals surface area contributed by atoms with E-state index in [0.29, 0.717) is 6.04 Å². The van der Waals surface area contributed by atoms with Crippen molar-refractivity contribution in [1.82, 2.24) is 14.9 Å². The predicted molar refractivity (Wildman–Crippen MR) is 72.7 cm³/mol. The summed E-state index contributed by atoms with van der Waals surface area (Å²) >= 11 is 0. The van der Waals surface area contributed by atoms with Crippen molar-refractivity contribution >= 4 is 0 Å². The molecule has 1 aromatic heterocycles. The first-order valence-electron chi connectivity index (χ1n) is 7.36. The highest BCUT2D eigenvalue weighted by molar-refractivity contribution is 5.31. The molecule has 2 aliphatic rings. The van der Waals surface area contributed by atoms with E-state index in [-0.39, 0.29) is 0 Å². The molecule has 98 valence electrons. The first kappa shape index (κ1) is 12.1. The number of hydrogen-bond acceptors (Lipinski definition) is 3. The van der Waals surface area contributed by atoms with Gasteiger partial charge in [-0.1, -0.05) is 6.92 Å². The van der Waals surface area contributed by atoms with E-state index in [1.54, 1.807) is 6.33 Å². The van der Waals surface area contributed by atoms with Crippen LogP contribution in [0.4, 0.5) is 0 Å². The van der Waals surface area contributed by atoms with Crippen LogP contribution in [0, 0.1) is 0 Å². The number of hydrogen-bond donors (Lipinski definition) is 0. The van der Waals surface area contributed by atoms with Gasteiger partial charge in [0.1, 0.15) is 6.33 Å². The van der Waals surface area contributed by atoms with Crippen LogP contribution in [0.5, 0.6) is 0 Å². The molecule has 0 saturated heterocycles. The normalized spacial score (nSPS) is 22.3. The van der Waals surface area contributed by atoms with Crippen LogP contribution >= 0.6 is 0 Å². The van der Waals surface area contributed by atoms with Gasteiger partial charge in [-0.25, -0.2) is 9.97 Å². The van der Waals surface area contributed by atoms with E-state index in [1.165, 1.54) is 42.8 Å². The van der Waals surface area contributed by atoms with E-state index < -0.39 is 0 Å². The van der Waals surface area contributed by atoms with Crippen molar-refractivity contribution in [3.05, 3.63) is 23.3 Å². The topological polar surface area (TPSA) is 29.0 Å². The SMILES string of the molecule is CC[C@H](C)N1CCc2ncnc(C3CC3)c2CC1. The van der Waals surface area contributed by atoms with Crippen LogP contribution in [0.3, 0.4) is 0 Å². The average molecular weight is 245 g/mol. The molecule has 1 saturated carbocycles. The first-order valence-corrected chi connectivity index (χ1v) is 7.36. The molecule has 0 N–H and O–H groups in total. The molecular formula is C15H23N3. The van der Waals surface area contributed by atoms with E-state index in [9.17, 15) is 0 Å². The zero-order valence-corrected chi connectivity index (χ0v) is 11.5. The summed E-state index contributed by atoms with van der Waals surface area (Å²) in [4.78, 5) is 11.7. The van der Waals surface area contributed by atoms with Crippen LogP contribution in [0.25, 0.3) is 0 Å². The lowest BCUT2D eigenvalue weighted by Crippen LogP contribution is -2.34. The van der Waals surface area contributed by atoms with Crippen molar-refractivity contribution in [2.75, 3.05) is 13.1 Å². The zero-order valence-electron chi connectivity index (χ0n) is 11.5. The third kappa shape index (κ3) is 2.28. The van der Waals surface area contributed by atoms with Crippen LogP contribution in [0.2, 0.25) is 0 Å². The van der Waals surface area contributed by atoms with Crippen LogP contribution in [-0.2, 0) is 12.8 Å². The molecule has 1 aliphatic carbocycles. The van der Waals surface area contributed by atoms with Gasteiger partial charge in [0.05, 0.1) is 5.69 Å². The Hall–Kier alpha value is -0.960. The Balaban J connectivity index is 1.82. The fourth-order valence-corrected chi connectivity index (χ4v) is 2.98. The van der Waals surface area contributed by atoms with E-state index in [0.717, 1.165) is 25.3 Å². The number of rotatable bonds is 3. The van der Waals surface area contributed by atoms with E-state index in [1.807, 2.05) is 0 Å². The van der Waals surface area contributed by atoms with Crippen LogP contribution in [-0.4, -0.2) is 34.0 Å². The molecule has 18 heavy (non-hydrogen) atoms. The Kier molecular flexibility index (Phi) is 3.33. The molecule has 0 spiro atoms. The number of fused-ring (bicyclic) bond motifs is 1. The fourth-order valence-electron chi connectivity index (χ4n) is 2.98. The van der Waals surface area contributed by atoms with E-state index >= 15 is 0 Å². The minimum atomic E-state index is 0.691. The Bertz CT molecular complexity index is 426. The predicted octanol–water partition coefficient (Wildman–Crippen LogP) is 2.55. The van der Waals surface area contributed by atoms with Crippen molar-refractivity contribution in [3.63, 3.8) is 0 Å². The van der Waals surface area contributed by atoms with Gasteiger partial charge >= 0.3 is 0 Å². The molecule has 1 aliphatic heterocycles. The minimum Gasteiger partial charge on any atom is -0.300 e. The molecule has 2 heterocycles. The summed E-state index contributed by atoms with van der Waals surface area (Å²) in [5.41, 5.74) is 4.16. The highest BCUT2D eigenvalue weighted by Gasteiger charge is 2.30. The van der Waals surface area contributed by atoms with Crippen LogP contribution in [0.15, 0.2) is 6.33 Å². The lowest BCUT2D eigenvalue weighted by Gasteiger charge is -2.26. The van der Waals surface area contributed by atoms with Crippen molar-refractivity contribution in [1.29, 1.82) is 0 Å².